The number of likely N-dealkylation sites (N-methyl/N-ethyl adjacent to an activating group) is 1. The van der Waals surface area contributed by atoms with E-state index in [4.69, 9.17) is 5.73 Å². The Morgan fingerprint density at radius 1 is 1.33 bits per heavy atom. The van der Waals surface area contributed by atoms with Gasteiger partial charge in [0.05, 0.1) is 0 Å². The standard InChI is InChI=1S/C14H28N4/c1-6-17-10-9-16-13(17)11-12(15)14(4,5)18(7-2)8-3/h9-10,12H,6-8,11,15H2,1-5H3. The van der Waals surface area contributed by atoms with E-state index in [1.807, 2.05) is 12.4 Å². The Balaban J connectivity index is 2.78. The zero-order valence-electron chi connectivity index (χ0n) is 12.5. The van der Waals surface area contributed by atoms with E-state index in [2.05, 4.69) is 49.1 Å². The van der Waals surface area contributed by atoms with Crippen LogP contribution < -0.4 is 5.73 Å². The van der Waals surface area contributed by atoms with Crippen molar-refractivity contribution >= 4 is 0 Å². The molecule has 0 amide bonds. The third kappa shape index (κ3) is 3.12. The van der Waals surface area contributed by atoms with Gasteiger partial charge >= 0.3 is 0 Å². The second-order valence-corrected chi connectivity index (χ2v) is 5.27. The average molecular weight is 252 g/mol. The molecule has 1 unspecified atom stereocenters. The Hall–Kier alpha value is -0.870. The van der Waals surface area contributed by atoms with Gasteiger partial charge in [0, 0.05) is 36.9 Å². The van der Waals surface area contributed by atoms with Crippen LogP contribution in [0.25, 0.3) is 0 Å². The van der Waals surface area contributed by atoms with Crippen molar-refractivity contribution in [2.75, 3.05) is 13.1 Å². The molecular formula is C14H28N4. The van der Waals surface area contributed by atoms with Crippen molar-refractivity contribution < 1.29 is 0 Å². The van der Waals surface area contributed by atoms with Gasteiger partial charge in [-0.25, -0.2) is 4.98 Å². The molecule has 0 saturated carbocycles. The van der Waals surface area contributed by atoms with Crippen LogP contribution in [0.15, 0.2) is 12.4 Å². The fourth-order valence-electron chi connectivity index (χ4n) is 2.54. The van der Waals surface area contributed by atoms with Gasteiger partial charge < -0.3 is 10.3 Å². The molecule has 0 radical (unpaired) electrons. The molecule has 104 valence electrons. The number of hydrogen-bond donors (Lipinski definition) is 1. The molecule has 0 aliphatic heterocycles. The molecule has 18 heavy (non-hydrogen) atoms. The summed E-state index contributed by atoms with van der Waals surface area (Å²) >= 11 is 0. The number of rotatable bonds is 7. The Kier molecular flexibility index (Phi) is 5.35. The lowest BCUT2D eigenvalue weighted by Gasteiger charge is -2.41. The van der Waals surface area contributed by atoms with Gasteiger partial charge in [0.15, 0.2) is 0 Å². The maximum absolute atomic E-state index is 6.42. The van der Waals surface area contributed by atoms with E-state index in [9.17, 15) is 0 Å². The molecule has 1 rings (SSSR count). The van der Waals surface area contributed by atoms with E-state index < -0.39 is 0 Å². The zero-order chi connectivity index (χ0) is 13.8. The molecular weight excluding hydrogens is 224 g/mol. The van der Waals surface area contributed by atoms with Crippen LogP contribution in [0.3, 0.4) is 0 Å². The molecule has 4 heteroatoms. The van der Waals surface area contributed by atoms with Crippen LogP contribution in [-0.4, -0.2) is 39.1 Å². The van der Waals surface area contributed by atoms with Gasteiger partial charge in [-0.05, 0) is 33.9 Å². The maximum atomic E-state index is 6.42. The highest BCUT2D eigenvalue weighted by Crippen LogP contribution is 2.20. The molecule has 1 atom stereocenters. The van der Waals surface area contributed by atoms with E-state index in [1.165, 1.54) is 0 Å². The summed E-state index contributed by atoms with van der Waals surface area (Å²) in [7, 11) is 0. The first-order chi connectivity index (χ1) is 8.47. The molecule has 0 bridgehead atoms. The van der Waals surface area contributed by atoms with E-state index >= 15 is 0 Å². The SMILES string of the molecule is CCN(CC)C(C)(C)C(N)Cc1nccn1CC. The van der Waals surface area contributed by atoms with Gasteiger partial charge in [-0.3, -0.25) is 4.90 Å². The second kappa shape index (κ2) is 6.34. The fraction of sp³-hybridized carbons (Fsp3) is 0.786. The summed E-state index contributed by atoms with van der Waals surface area (Å²) in [5.41, 5.74) is 6.42. The summed E-state index contributed by atoms with van der Waals surface area (Å²) in [4.78, 5) is 6.83. The summed E-state index contributed by atoms with van der Waals surface area (Å²) in [5, 5.41) is 0. The van der Waals surface area contributed by atoms with Crippen molar-refractivity contribution in [2.45, 2.75) is 59.2 Å². The minimum atomic E-state index is -0.00593. The molecule has 0 aromatic carbocycles. The van der Waals surface area contributed by atoms with Crippen LogP contribution >= 0.6 is 0 Å². The van der Waals surface area contributed by atoms with Crippen molar-refractivity contribution in [1.29, 1.82) is 0 Å². The Labute approximate surface area is 111 Å². The summed E-state index contributed by atoms with van der Waals surface area (Å²) in [6.07, 6.45) is 4.70. The number of aromatic nitrogens is 2. The van der Waals surface area contributed by atoms with Crippen LogP contribution in [0, 0.1) is 0 Å². The van der Waals surface area contributed by atoms with Crippen molar-refractivity contribution in [3.63, 3.8) is 0 Å². The molecule has 0 spiro atoms. The minimum absolute atomic E-state index is 0.00593. The van der Waals surface area contributed by atoms with Crippen molar-refractivity contribution in [3.8, 4) is 0 Å². The summed E-state index contributed by atoms with van der Waals surface area (Å²) < 4.78 is 2.16. The van der Waals surface area contributed by atoms with E-state index in [0.717, 1.165) is 31.9 Å². The molecule has 1 aromatic heterocycles. The first kappa shape index (κ1) is 15.2. The van der Waals surface area contributed by atoms with Gasteiger partial charge in [-0.15, -0.1) is 0 Å². The van der Waals surface area contributed by atoms with Gasteiger partial charge in [0.2, 0.25) is 0 Å². The van der Waals surface area contributed by atoms with Crippen LogP contribution in [0.1, 0.15) is 40.4 Å². The van der Waals surface area contributed by atoms with Crippen LogP contribution in [0.5, 0.6) is 0 Å². The Bertz CT molecular complexity index is 352. The molecule has 1 heterocycles. The van der Waals surface area contributed by atoms with Crippen LogP contribution in [-0.2, 0) is 13.0 Å². The summed E-state index contributed by atoms with van der Waals surface area (Å²) in [6.45, 7) is 14.0. The monoisotopic (exact) mass is 252 g/mol. The number of imidazole rings is 1. The second-order valence-electron chi connectivity index (χ2n) is 5.27. The van der Waals surface area contributed by atoms with Gasteiger partial charge in [0.25, 0.3) is 0 Å². The molecule has 0 aliphatic carbocycles. The van der Waals surface area contributed by atoms with Gasteiger partial charge in [-0.2, -0.15) is 0 Å². The third-order valence-electron chi connectivity index (χ3n) is 4.03. The van der Waals surface area contributed by atoms with E-state index in [-0.39, 0.29) is 11.6 Å². The fourth-order valence-corrected chi connectivity index (χ4v) is 2.54. The lowest BCUT2D eigenvalue weighted by Crippen LogP contribution is -2.57. The normalized spacial score (nSPS) is 14.2. The Morgan fingerprint density at radius 3 is 2.44 bits per heavy atom. The topological polar surface area (TPSA) is 47.1 Å². The largest absolute Gasteiger partial charge is 0.335 e. The van der Waals surface area contributed by atoms with Crippen LogP contribution in [0.4, 0.5) is 0 Å². The zero-order valence-corrected chi connectivity index (χ0v) is 12.5. The predicted octanol–water partition coefficient (Wildman–Crippen LogP) is 1.89. The average Bonchev–Trinajstić information content (AvgIpc) is 2.77. The van der Waals surface area contributed by atoms with E-state index in [0.29, 0.717) is 0 Å². The first-order valence-corrected chi connectivity index (χ1v) is 6.97. The van der Waals surface area contributed by atoms with E-state index in [1.54, 1.807) is 0 Å². The molecule has 4 nitrogen and oxygen atoms in total. The van der Waals surface area contributed by atoms with Crippen molar-refractivity contribution in [3.05, 3.63) is 18.2 Å². The third-order valence-corrected chi connectivity index (χ3v) is 4.03. The van der Waals surface area contributed by atoms with Crippen molar-refractivity contribution in [2.24, 2.45) is 5.73 Å². The molecule has 0 saturated heterocycles. The lowest BCUT2D eigenvalue weighted by molar-refractivity contribution is 0.105. The molecule has 1 aromatic rings. The predicted molar refractivity (Wildman–Crippen MR) is 76.6 cm³/mol. The number of hydrogen-bond acceptors (Lipinski definition) is 3. The highest BCUT2D eigenvalue weighted by atomic mass is 15.2. The molecule has 0 fully saturated rings. The van der Waals surface area contributed by atoms with Gasteiger partial charge in [0.1, 0.15) is 5.82 Å². The summed E-state index contributed by atoms with van der Waals surface area (Å²) in [6, 6.07) is 0.0881. The number of nitrogens with two attached hydrogens (primary N) is 1. The van der Waals surface area contributed by atoms with Crippen molar-refractivity contribution in [1.82, 2.24) is 14.5 Å². The highest BCUT2D eigenvalue weighted by molar-refractivity contribution is 5.01. The quantitative estimate of drug-likeness (QED) is 0.806. The first-order valence-electron chi connectivity index (χ1n) is 6.97. The minimum Gasteiger partial charge on any atom is -0.335 e. The molecule has 2 N–H and O–H groups in total. The smallest absolute Gasteiger partial charge is 0.110 e. The lowest BCUT2D eigenvalue weighted by atomic mass is 9.90. The Morgan fingerprint density at radius 2 is 1.94 bits per heavy atom. The van der Waals surface area contributed by atoms with Gasteiger partial charge in [-0.1, -0.05) is 13.8 Å². The highest BCUT2D eigenvalue weighted by Gasteiger charge is 2.32. The molecule has 0 aliphatic rings. The maximum Gasteiger partial charge on any atom is 0.110 e. The number of aryl methyl sites for hydroxylation is 1. The number of nitrogens with zero attached hydrogens (tertiary/aromatic N) is 3. The van der Waals surface area contributed by atoms with Crippen LogP contribution in [0.2, 0.25) is 0 Å². The summed E-state index contributed by atoms with van der Waals surface area (Å²) in [5.74, 6) is 1.09.